The zero-order valence-electron chi connectivity index (χ0n) is 19.5. The van der Waals surface area contributed by atoms with E-state index in [0.717, 1.165) is 22.4 Å². The van der Waals surface area contributed by atoms with Crippen molar-refractivity contribution in [1.82, 2.24) is 10.2 Å². The van der Waals surface area contributed by atoms with Gasteiger partial charge in [-0.3, -0.25) is 14.5 Å². The second kappa shape index (κ2) is 10.6. The number of para-hydroxylation sites is 2. The Balaban J connectivity index is 1.36. The van der Waals surface area contributed by atoms with Crippen molar-refractivity contribution in [3.05, 3.63) is 94.5 Å². The zero-order chi connectivity index (χ0) is 25.1. The van der Waals surface area contributed by atoms with E-state index < -0.39 is 6.04 Å². The van der Waals surface area contributed by atoms with Crippen molar-refractivity contribution in [3.63, 3.8) is 0 Å². The largest absolute Gasteiger partial charge is 0.496 e. The number of ether oxygens (including phenoxy) is 1. The van der Waals surface area contributed by atoms with Gasteiger partial charge < -0.3 is 10.1 Å². The molecule has 0 aromatic heterocycles. The monoisotopic (exact) mass is 518 g/mol. The predicted octanol–water partition coefficient (Wildman–Crippen LogP) is 4.95. The number of carbonyl (C=O) groups is 2. The molecule has 2 amide bonds. The molecule has 0 fully saturated rings. The number of halogens is 1. The van der Waals surface area contributed by atoms with Crippen LogP contribution in [0.3, 0.4) is 0 Å². The SMILES string of the molecule is COc1ccccc1CNC(=O)CC1C(=O)N=C2c3ccccc3N=C(SCc3ccccc3Cl)N21. The van der Waals surface area contributed by atoms with Gasteiger partial charge in [0.25, 0.3) is 5.91 Å². The van der Waals surface area contributed by atoms with Crippen molar-refractivity contribution in [3.8, 4) is 5.75 Å². The van der Waals surface area contributed by atoms with Gasteiger partial charge in [-0.15, -0.1) is 0 Å². The van der Waals surface area contributed by atoms with Gasteiger partial charge in [0.2, 0.25) is 5.91 Å². The van der Waals surface area contributed by atoms with Crippen LogP contribution >= 0.6 is 23.4 Å². The molecule has 36 heavy (non-hydrogen) atoms. The molecule has 1 atom stereocenters. The molecule has 2 heterocycles. The van der Waals surface area contributed by atoms with E-state index in [2.05, 4.69) is 10.3 Å². The maximum atomic E-state index is 13.0. The van der Waals surface area contributed by atoms with Gasteiger partial charge in [-0.05, 0) is 29.8 Å². The van der Waals surface area contributed by atoms with Crippen molar-refractivity contribution < 1.29 is 14.3 Å². The Morgan fingerprint density at radius 2 is 1.75 bits per heavy atom. The van der Waals surface area contributed by atoms with Crippen LogP contribution in [0, 0.1) is 0 Å². The number of fused-ring (bicyclic) bond motifs is 3. The molecule has 1 N–H and O–H groups in total. The van der Waals surface area contributed by atoms with Gasteiger partial charge >= 0.3 is 0 Å². The molecule has 0 aliphatic carbocycles. The normalized spacial score (nSPS) is 16.1. The highest BCUT2D eigenvalue weighted by Gasteiger charge is 2.42. The van der Waals surface area contributed by atoms with Gasteiger partial charge in [-0.25, -0.2) is 4.99 Å². The first-order chi connectivity index (χ1) is 17.5. The molecule has 2 aliphatic heterocycles. The summed E-state index contributed by atoms with van der Waals surface area (Å²) in [5.41, 5.74) is 3.32. The van der Waals surface area contributed by atoms with Crippen LogP contribution in [0.1, 0.15) is 23.1 Å². The number of nitrogens with zero attached hydrogens (tertiary/aromatic N) is 3. The van der Waals surface area contributed by atoms with Gasteiger partial charge in [0.15, 0.2) is 5.17 Å². The first-order valence-electron chi connectivity index (χ1n) is 11.4. The second-order valence-corrected chi connectivity index (χ2v) is 9.59. The second-order valence-electron chi connectivity index (χ2n) is 8.24. The average molecular weight is 519 g/mol. The number of hydrogen-bond donors (Lipinski definition) is 1. The van der Waals surface area contributed by atoms with Crippen molar-refractivity contribution in [2.24, 2.45) is 9.98 Å². The highest BCUT2D eigenvalue weighted by Crippen LogP contribution is 2.36. The molecular formula is C27H23ClN4O3S. The molecule has 0 radical (unpaired) electrons. The van der Waals surface area contributed by atoms with E-state index in [1.54, 1.807) is 12.0 Å². The Bertz CT molecular complexity index is 1390. The Hall–Kier alpha value is -3.62. The van der Waals surface area contributed by atoms with E-state index in [9.17, 15) is 9.59 Å². The molecule has 3 aromatic rings. The summed E-state index contributed by atoms with van der Waals surface area (Å²) in [6.07, 6.45) is -0.0468. The lowest BCUT2D eigenvalue weighted by Crippen LogP contribution is -2.45. The molecule has 9 heteroatoms. The fourth-order valence-corrected chi connectivity index (χ4v) is 5.48. The summed E-state index contributed by atoms with van der Waals surface area (Å²) in [6.45, 7) is 0.294. The van der Waals surface area contributed by atoms with E-state index in [1.165, 1.54) is 11.8 Å². The molecule has 182 valence electrons. The van der Waals surface area contributed by atoms with Gasteiger partial charge in [-0.2, -0.15) is 4.99 Å². The summed E-state index contributed by atoms with van der Waals surface area (Å²) >= 11 is 7.82. The molecule has 0 spiro atoms. The third-order valence-electron chi connectivity index (χ3n) is 5.97. The molecule has 0 saturated carbocycles. The smallest absolute Gasteiger partial charge is 0.271 e. The highest BCUT2D eigenvalue weighted by molar-refractivity contribution is 8.13. The zero-order valence-corrected chi connectivity index (χ0v) is 21.1. The summed E-state index contributed by atoms with van der Waals surface area (Å²) in [4.78, 5) is 36.9. The number of aliphatic imine (C=N–C) groups is 2. The highest BCUT2D eigenvalue weighted by atomic mass is 35.5. The number of hydrogen-bond acceptors (Lipinski definition) is 6. The Morgan fingerprint density at radius 1 is 1.03 bits per heavy atom. The molecular weight excluding hydrogens is 496 g/mol. The third-order valence-corrected chi connectivity index (χ3v) is 7.34. The summed E-state index contributed by atoms with van der Waals surface area (Å²) in [5.74, 6) is 1.16. The maximum Gasteiger partial charge on any atom is 0.271 e. The molecule has 0 saturated heterocycles. The topological polar surface area (TPSA) is 83.4 Å². The van der Waals surface area contributed by atoms with E-state index in [-0.39, 0.29) is 18.2 Å². The van der Waals surface area contributed by atoms with E-state index >= 15 is 0 Å². The fourth-order valence-electron chi connectivity index (χ4n) is 4.15. The van der Waals surface area contributed by atoms with Crippen LogP contribution in [0.25, 0.3) is 0 Å². The van der Waals surface area contributed by atoms with Crippen molar-refractivity contribution in [2.45, 2.75) is 24.8 Å². The number of amides is 2. The fraction of sp³-hybridized carbons (Fsp3) is 0.185. The first kappa shape index (κ1) is 24.1. The molecule has 5 rings (SSSR count). The molecule has 3 aromatic carbocycles. The van der Waals surface area contributed by atoms with Crippen molar-refractivity contribution in [1.29, 1.82) is 0 Å². The third kappa shape index (κ3) is 4.87. The lowest BCUT2D eigenvalue weighted by molar-refractivity contribution is -0.126. The van der Waals surface area contributed by atoms with Crippen LogP contribution in [0.4, 0.5) is 5.69 Å². The van der Waals surface area contributed by atoms with Crippen LogP contribution in [0.5, 0.6) is 5.75 Å². The number of thioether (sulfide) groups is 1. The van der Waals surface area contributed by atoms with Crippen LogP contribution in [0.2, 0.25) is 5.02 Å². The number of nitrogens with one attached hydrogen (secondary N) is 1. The van der Waals surface area contributed by atoms with Crippen molar-refractivity contribution >= 4 is 51.9 Å². The van der Waals surface area contributed by atoms with E-state index in [1.807, 2.05) is 72.8 Å². The van der Waals surface area contributed by atoms with Gasteiger partial charge in [0, 0.05) is 28.4 Å². The van der Waals surface area contributed by atoms with Gasteiger partial charge in [0.05, 0.1) is 19.2 Å². The Labute approximate surface area is 218 Å². The average Bonchev–Trinajstić information content (AvgIpc) is 3.23. The van der Waals surface area contributed by atoms with Crippen LogP contribution < -0.4 is 10.1 Å². The molecule has 7 nitrogen and oxygen atoms in total. The van der Waals surface area contributed by atoms with Crippen molar-refractivity contribution in [2.75, 3.05) is 7.11 Å². The quantitative estimate of drug-likeness (QED) is 0.478. The molecule has 0 bridgehead atoms. The van der Waals surface area contributed by atoms with Gasteiger partial charge in [0.1, 0.15) is 17.6 Å². The minimum atomic E-state index is -0.775. The predicted molar refractivity (Wildman–Crippen MR) is 143 cm³/mol. The Kier molecular flexibility index (Phi) is 7.06. The summed E-state index contributed by atoms with van der Waals surface area (Å²) in [7, 11) is 1.59. The summed E-state index contributed by atoms with van der Waals surface area (Å²) in [5, 5.41) is 4.18. The van der Waals surface area contributed by atoms with Crippen LogP contribution in [0.15, 0.2) is 82.8 Å². The van der Waals surface area contributed by atoms with Gasteiger partial charge in [-0.1, -0.05) is 71.9 Å². The first-order valence-corrected chi connectivity index (χ1v) is 12.8. The Morgan fingerprint density at radius 3 is 2.56 bits per heavy atom. The number of rotatable bonds is 7. The van der Waals surface area contributed by atoms with Crippen LogP contribution in [-0.4, -0.2) is 40.9 Å². The number of methoxy groups -OCH3 is 1. The van der Waals surface area contributed by atoms with E-state index in [0.29, 0.717) is 34.1 Å². The standard InChI is InChI=1S/C27H23ClN4O3S/c1-35-23-13-7-3-8-17(23)15-29-24(33)14-22-26(34)31-25-19-10-4-6-12-21(19)30-27(32(22)25)36-16-18-9-2-5-11-20(18)28/h2-13,22H,14-16H2,1H3,(H,29,33). The maximum absolute atomic E-state index is 13.0. The molecule has 1 unspecified atom stereocenters. The lowest BCUT2D eigenvalue weighted by Gasteiger charge is -2.31. The van der Waals surface area contributed by atoms with Crippen LogP contribution in [-0.2, 0) is 21.9 Å². The number of amidine groups is 2. The number of carbonyl (C=O) groups excluding carboxylic acids is 2. The number of benzene rings is 3. The minimum Gasteiger partial charge on any atom is -0.496 e. The lowest BCUT2D eigenvalue weighted by atomic mass is 10.1. The minimum absolute atomic E-state index is 0.0468. The van der Waals surface area contributed by atoms with E-state index in [4.69, 9.17) is 21.3 Å². The summed E-state index contributed by atoms with van der Waals surface area (Å²) < 4.78 is 5.36. The molecule has 2 aliphatic rings. The summed E-state index contributed by atoms with van der Waals surface area (Å²) in [6, 6.07) is 21.9.